The summed E-state index contributed by atoms with van der Waals surface area (Å²) in [5.74, 6) is -0.958. The number of anilines is 1. The van der Waals surface area contributed by atoms with E-state index in [-0.39, 0.29) is 37.7 Å². The van der Waals surface area contributed by atoms with Crippen LogP contribution in [0.25, 0.3) is 0 Å². The summed E-state index contributed by atoms with van der Waals surface area (Å²) in [4.78, 5) is 12.6. The van der Waals surface area contributed by atoms with E-state index >= 15 is 0 Å². The molecule has 1 saturated heterocycles. The molecule has 1 N–H and O–H groups in total. The Balaban J connectivity index is 1.90. The van der Waals surface area contributed by atoms with Crippen molar-refractivity contribution < 1.29 is 31.5 Å². The summed E-state index contributed by atoms with van der Waals surface area (Å²) in [7, 11) is -2.63. The number of carbonyl (C=O) groups excluding carboxylic acids is 1. The van der Waals surface area contributed by atoms with Gasteiger partial charge < -0.3 is 14.8 Å². The van der Waals surface area contributed by atoms with Crippen molar-refractivity contribution >= 4 is 44.8 Å². The number of nitrogens with one attached hydrogen (secondary N) is 1. The molecule has 168 valence electrons. The molecule has 2 aromatic rings. The Morgan fingerprint density at radius 2 is 1.77 bits per heavy atom. The molecule has 3 rings (SSSR count). The molecule has 0 radical (unpaired) electrons. The number of sulfonamides is 1. The summed E-state index contributed by atoms with van der Waals surface area (Å²) in [5, 5.41) is 2.38. The number of nitrogens with zero attached hydrogens (tertiary/aromatic N) is 1. The van der Waals surface area contributed by atoms with Crippen LogP contribution in [0.5, 0.6) is 11.5 Å². The van der Waals surface area contributed by atoms with Gasteiger partial charge in [0.15, 0.2) is 11.5 Å². The number of hydrogen-bond acceptors (Lipinski definition) is 5. The molecule has 12 heteroatoms. The third kappa shape index (κ3) is 5.20. The molecule has 1 heterocycles. The van der Waals surface area contributed by atoms with Gasteiger partial charge in [0.25, 0.3) is 5.91 Å². The Kier molecular flexibility index (Phi) is 7.25. The van der Waals surface area contributed by atoms with Crippen LogP contribution in [0.15, 0.2) is 35.2 Å². The SMILES string of the molecule is COc1cc(NC(=O)c2cc(S(=O)(=O)N3CCCC3)c(Cl)cc2Cl)ccc1OC(F)F. The van der Waals surface area contributed by atoms with Gasteiger partial charge in [0.1, 0.15) is 4.90 Å². The molecule has 7 nitrogen and oxygen atoms in total. The molecule has 0 saturated carbocycles. The van der Waals surface area contributed by atoms with Crippen molar-refractivity contribution in [3.8, 4) is 11.5 Å². The Labute approximate surface area is 187 Å². The normalized spacial score (nSPS) is 14.6. The summed E-state index contributed by atoms with van der Waals surface area (Å²) in [5.41, 5.74) is 0.0779. The van der Waals surface area contributed by atoms with Crippen LogP contribution in [0, 0.1) is 0 Å². The Morgan fingerprint density at radius 1 is 1.10 bits per heavy atom. The summed E-state index contributed by atoms with van der Waals surface area (Å²) in [6.45, 7) is -2.30. The van der Waals surface area contributed by atoms with Crippen molar-refractivity contribution in [2.24, 2.45) is 0 Å². The van der Waals surface area contributed by atoms with E-state index < -0.39 is 22.5 Å². The third-order valence-electron chi connectivity index (χ3n) is 4.59. The molecule has 1 aliphatic rings. The summed E-state index contributed by atoms with van der Waals surface area (Å²) in [6.07, 6.45) is 1.48. The van der Waals surface area contributed by atoms with E-state index in [9.17, 15) is 22.0 Å². The maximum atomic E-state index is 12.9. The first-order valence-corrected chi connectivity index (χ1v) is 11.3. The number of amides is 1. The zero-order chi connectivity index (χ0) is 22.8. The number of ether oxygens (including phenoxy) is 2. The highest BCUT2D eigenvalue weighted by atomic mass is 35.5. The molecular formula is C19H18Cl2F2N2O5S. The molecule has 0 spiro atoms. The topological polar surface area (TPSA) is 84.9 Å². The van der Waals surface area contributed by atoms with Gasteiger partial charge in [-0.1, -0.05) is 23.2 Å². The maximum absolute atomic E-state index is 12.9. The van der Waals surface area contributed by atoms with E-state index in [0.29, 0.717) is 13.1 Å². The second-order valence-corrected chi connectivity index (χ2v) is 9.29. The molecule has 1 aliphatic heterocycles. The largest absolute Gasteiger partial charge is 0.493 e. The highest BCUT2D eigenvalue weighted by Gasteiger charge is 2.30. The number of alkyl halides is 2. The first-order chi connectivity index (χ1) is 14.6. The van der Waals surface area contributed by atoms with Gasteiger partial charge in [-0.05, 0) is 37.1 Å². The van der Waals surface area contributed by atoms with E-state index in [0.717, 1.165) is 18.9 Å². The molecule has 0 aromatic heterocycles. The van der Waals surface area contributed by atoms with Crippen molar-refractivity contribution in [3.63, 3.8) is 0 Å². The Hall–Kier alpha value is -2.14. The predicted octanol–water partition coefficient (Wildman–Crippen LogP) is 4.64. The fourth-order valence-corrected chi connectivity index (χ4v) is 5.46. The zero-order valence-corrected chi connectivity index (χ0v) is 18.5. The second kappa shape index (κ2) is 9.56. The van der Waals surface area contributed by atoms with Crippen LogP contribution >= 0.6 is 23.2 Å². The smallest absolute Gasteiger partial charge is 0.387 e. The van der Waals surface area contributed by atoms with Crippen LogP contribution in [0.1, 0.15) is 23.2 Å². The molecule has 31 heavy (non-hydrogen) atoms. The van der Waals surface area contributed by atoms with Gasteiger partial charge in [-0.15, -0.1) is 0 Å². The van der Waals surface area contributed by atoms with Crippen LogP contribution < -0.4 is 14.8 Å². The van der Waals surface area contributed by atoms with Gasteiger partial charge >= 0.3 is 6.61 Å². The molecule has 0 unspecified atom stereocenters. The van der Waals surface area contributed by atoms with Crippen LogP contribution in [-0.4, -0.2) is 45.4 Å². The fourth-order valence-electron chi connectivity index (χ4n) is 3.11. The molecule has 1 amide bonds. The molecule has 0 atom stereocenters. The Morgan fingerprint density at radius 3 is 2.39 bits per heavy atom. The van der Waals surface area contributed by atoms with Gasteiger partial charge in [-0.3, -0.25) is 4.79 Å². The standard InChI is InChI=1S/C19H18Cl2F2N2O5S/c1-29-16-8-11(4-5-15(16)30-19(22)23)24-18(26)12-9-17(14(21)10-13(12)20)31(27,28)25-6-2-3-7-25/h4-5,8-10,19H,2-3,6-7H2,1H3,(H,24,26). The number of methoxy groups -OCH3 is 1. The van der Waals surface area contributed by atoms with E-state index in [1.165, 1.54) is 35.7 Å². The minimum absolute atomic E-state index is 0.0300. The van der Waals surface area contributed by atoms with E-state index in [1.54, 1.807) is 0 Å². The van der Waals surface area contributed by atoms with Gasteiger partial charge in [0.2, 0.25) is 10.0 Å². The zero-order valence-electron chi connectivity index (χ0n) is 16.2. The quantitative estimate of drug-likeness (QED) is 0.605. The highest BCUT2D eigenvalue weighted by Crippen LogP contribution is 2.34. The fraction of sp³-hybridized carbons (Fsp3) is 0.316. The van der Waals surface area contributed by atoms with E-state index in [4.69, 9.17) is 27.9 Å². The monoisotopic (exact) mass is 494 g/mol. The summed E-state index contributed by atoms with van der Waals surface area (Å²) in [6, 6.07) is 6.12. The lowest BCUT2D eigenvalue weighted by atomic mass is 10.2. The minimum atomic E-state index is -3.89. The lowest BCUT2D eigenvalue weighted by Gasteiger charge is -2.18. The number of benzene rings is 2. The average Bonchev–Trinajstić information content (AvgIpc) is 3.24. The average molecular weight is 495 g/mol. The molecule has 0 bridgehead atoms. The van der Waals surface area contributed by atoms with Gasteiger partial charge in [-0.25, -0.2) is 8.42 Å². The van der Waals surface area contributed by atoms with Crippen LogP contribution in [0.2, 0.25) is 10.0 Å². The number of halogens is 4. The minimum Gasteiger partial charge on any atom is -0.493 e. The van der Waals surface area contributed by atoms with Crippen LogP contribution in [0.4, 0.5) is 14.5 Å². The molecule has 0 aliphatic carbocycles. The second-order valence-electron chi connectivity index (χ2n) is 6.57. The van der Waals surface area contributed by atoms with Crippen molar-refractivity contribution in [1.29, 1.82) is 0 Å². The van der Waals surface area contributed by atoms with Crippen molar-refractivity contribution in [1.82, 2.24) is 4.31 Å². The maximum Gasteiger partial charge on any atom is 0.387 e. The Bertz CT molecular complexity index is 1090. The van der Waals surface area contributed by atoms with Gasteiger partial charge in [0, 0.05) is 24.8 Å². The van der Waals surface area contributed by atoms with Crippen molar-refractivity contribution in [2.45, 2.75) is 24.3 Å². The first-order valence-electron chi connectivity index (χ1n) is 9.07. The van der Waals surface area contributed by atoms with Gasteiger partial charge in [0.05, 0.1) is 22.7 Å². The molecule has 2 aromatic carbocycles. The molecular weight excluding hydrogens is 477 g/mol. The van der Waals surface area contributed by atoms with Crippen LogP contribution in [0.3, 0.4) is 0 Å². The van der Waals surface area contributed by atoms with Crippen molar-refractivity contribution in [2.75, 3.05) is 25.5 Å². The lowest BCUT2D eigenvalue weighted by molar-refractivity contribution is -0.0512. The number of hydrogen-bond donors (Lipinski definition) is 1. The predicted molar refractivity (Wildman–Crippen MR) is 112 cm³/mol. The van der Waals surface area contributed by atoms with E-state index in [1.807, 2.05) is 0 Å². The van der Waals surface area contributed by atoms with Gasteiger partial charge in [-0.2, -0.15) is 13.1 Å². The number of rotatable bonds is 7. The lowest BCUT2D eigenvalue weighted by Crippen LogP contribution is -2.28. The summed E-state index contributed by atoms with van der Waals surface area (Å²) < 4.78 is 61.3. The van der Waals surface area contributed by atoms with Crippen LogP contribution in [-0.2, 0) is 10.0 Å². The van der Waals surface area contributed by atoms with Crippen molar-refractivity contribution in [3.05, 3.63) is 45.9 Å². The summed E-state index contributed by atoms with van der Waals surface area (Å²) >= 11 is 12.2. The van der Waals surface area contributed by atoms with E-state index in [2.05, 4.69) is 10.1 Å². The molecule has 1 fully saturated rings. The first kappa shape index (κ1) is 23.5. The number of carbonyl (C=O) groups is 1. The third-order valence-corrected chi connectivity index (χ3v) is 7.26. The highest BCUT2D eigenvalue weighted by molar-refractivity contribution is 7.89.